The maximum atomic E-state index is 6.05. The van der Waals surface area contributed by atoms with Gasteiger partial charge >= 0.3 is 0 Å². The van der Waals surface area contributed by atoms with E-state index in [2.05, 4.69) is 30.4 Å². The molecule has 0 aromatic heterocycles. The van der Waals surface area contributed by atoms with E-state index >= 15 is 0 Å². The second-order valence-corrected chi connectivity index (χ2v) is 5.77. The molecule has 94 valence electrons. The molecule has 17 heavy (non-hydrogen) atoms. The minimum absolute atomic E-state index is 0.500. The highest BCUT2D eigenvalue weighted by Crippen LogP contribution is 2.43. The molecule has 1 fully saturated rings. The molecule has 0 unspecified atom stereocenters. The van der Waals surface area contributed by atoms with Gasteiger partial charge < -0.3 is 5.32 Å². The summed E-state index contributed by atoms with van der Waals surface area (Å²) in [4.78, 5) is 0. The number of rotatable bonds is 6. The Hall–Kier alpha value is -0.530. The molecule has 2 heteroatoms. The van der Waals surface area contributed by atoms with Crippen LogP contribution in [0.2, 0.25) is 5.02 Å². The zero-order valence-electron chi connectivity index (χ0n) is 10.6. The van der Waals surface area contributed by atoms with Crippen LogP contribution in [0.25, 0.3) is 0 Å². The summed E-state index contributed by atoms with van der Waals surface area (Å²) in [6, 6.07) is 8.32. The Labute approximate surface area is 110 Å². The molecule has 1 aromatic carbocycles. The van der Waals surface area contributed by atoms with E-state index in [0.717, 1.165) is 18.1 Å². The number of benzene rings is 1. The van der Waals surface area contributed by atoms with Gasteiger partial charge in [0.25, 0.3) is 0 Å². The fraction of sp³-hybridized carbons (Fsp3) is 0.600. The molecule has 1 nitrogen and oxygen atoms in total. The van der Waals surface area contributed by atoms with E-state index in [1.165, 1.54) is 37.7 Å². The van der Waals surface area contributed by atoms with Crippen LogP contribution in [-0.2, 0) is 6.42 Å². The molecule has 0 amide bonds. The van der Waals surface area contributed by atoms with Crippen molar-refractivity contribution in [2.75, 3.05) is 13.1 Å². The van der Waals surface area contributed by atoms with Crippen LogP contribution in [0.5, 0.6) is 0 Å². The first kappa shape index (κ1) is 12.9. The van der Waals surface area contributed by atoms with Crippen LogP contribution < -0.4 is 5.32 Å². The molecule has 0 spiro atoms. The zero-order valence-corrected chi connectivity index (χ0v) is 11.4. The van der Waals surface area contributed by atoms with Crippen molar-refractivity contribution in [1.29, 1.82) is 0 Å². The van der Waals surface area contributed by atoms with Crippen LogP contribution in [0.15, 0.2) is 24.3 Å². The lowest BCUT2D eigenvalue weighted by Gasteiger charge is -2.42. The first-order valence-electron chi connectivity index (χ1n) is 6.69. The van der Waals surface area contributed by atoms with Gasteiger partial charge in [0, 0.05) is 11.6 Å². The third kappa shape index (κ3) is 3.46. The van der Waals surface area contributed by atoms with E-state index in [1.807, 2.05) is 6.07 Å². The van der Waals surface area contributed by atoms with E-state index in [4.69, 9.17) is 11.6 Å². The molecule has 1 aromatic rings. The van der Waals surface area contributed by atoms with Crippen molar-refractivity contribution in [1.82, 2.24) is 5.32 Å². The summed E-state index contributed by atoms with van der Waals surface area (Å²) in [7, 11) is 0. The van der Waals surface area contributed by atoms with Crippen molar-refractivity contribution < 1.29 is 0 Å². The highest BCUT2D eigenvalue weighted by Gasteiger charge is 2.36. The maximum Gasteiger partial charge on any atom is 0.0408 e. The van der Waals surface area contributed by atoms with Crippen molar-refractivity contribution in [3.05, 3.63) is 34.9 Å². The summed E-state index contributed by atoms with van der Waals surface area (Å²) >= 11 is 6.05. The molecule has 1 saturated carbocycles. The quantitative estimate of drug-likeness (QED) is 0.752. The predicted molar refractivity (Wildman–Crippen MR) is 74.6 cm³/mol. The Morgan fingerprint density at radius 3 is 2.76 bits per heavy atom. The summed E-state index contributed by atoms with van der Waals surface area (Å²) in [5.74, 6) is 0. The summed E-state index contributed by atoms with van der Waals surface area (Å²) in [6.45, 7) is 4.52. The predicted octanol–water partition coefficient (Wildman–Crippen LogP) is 4.05. The molecule has 0 bridgehead atoms. The topological polar surface area (TPSA) is 12.0 Å². The molecule has 0 aliphatic heterocycles. The van der Waals surface area contributed by atoms with Gasteiger partial charge in [-0.15, -0.1) is 0 Å². The highest BCUT2D eigenvalue weighted by molar-refractivity contribution is 6.30. The van der Waals surface area contributed by atoms with Gasteiger partial charge in [-0.2, -0.15) is 0 Å². The lowest BCUT2D eigenvalue weighted by molar-refractivity contribution is 0.130. The Bertz CT molecular complexity index is 358. The average molecular weight is 252 g/mol. The number of halogens is 1. The molecule has 2 rings (SSSR count). The Morgan fingerprint density at radius 1 is 1.35 bits per heavy atom. The minimum atomic E-state index is 0.500. The molecule has 1 aliphatic rings. The van der Waals surface area contributed by atoms with Crippen LogP contribution in [0.4, 0.5) is 0 Å². The molecule has 1 aliphatic carbocycles. The van der Waals surface area contributed by atoms with Gasteiger partial charge in [-0.3, -0.25) is 0 Å². The number of hydrogen-bond acceptors (Lipinski definition) is 1. The van der Waals surface area contributed by atoms with Gasteiger partial charge in [0.05, 0.1) is 0 Å². The second-order valence-electron chi connectivity index (χ2n) is 5.34. The SMILES string of the molecule is CCCNCC1(Cc2cccc(Cl)c2)CCC1. The number of nitrogens with one attached hydrogen (secondary N) is 1. The summed E-state index contributed by atoms with van der Waals surface area (Å²) < 4.78 is 0. The molecule has 0 saturated heterocycles. The Morgan fingerprint density at radius 2 is 2.18 bits per heavy atom. The first-order chi connectivity index (χ1) is 8.24. The Balaban J connectivity index is 1.94. The molecular weight excluding hydrogens is 230 g/mol. The zero-order chi connectivity index (χ0) is 12.1. The fourth-order valence-electron chi connectivity index (χ4n) is 2.70. The van der Waals surface area contributed by atoms with Crippen molar-refractivity contribution in [2.24, 2.45) is 5.41 Å². The van der Waals surface area contributed by atoms with Crippen LogP contribution >= 0.6 is 11.6 Å². The van der Waals surface area contributed by atoms with E-state index in [9.17, 15) is 0 Å². The fourth-order valence-corrected chi connectivity index (χ4v) is 2.92. The molecular formula is C15H22ClN. The smallest absolute Gasteiger partial charge is 0.0408 e. The van der Waals surface area contributed by atoms with Gasteiger partial charge in [-0.1, -0.05) is 37.1 Å². The lowest BCUT2D eigenvalue weighted by Crippen LogP contribution is -2.41. The lowest BCUT2D eigenvalue weighted by atomic mass is 9.65. The van der Waals surface area contributed by atoms with Crippen molar-refractivity contribution in [3.63, 3.8) is 0 Å². The third-order valence-electron chi connectivity index (χ3n) is 3.81. The van der Waals surface area contributed by atoms with Gasteiger partial charge in [0.1, 0.15) is 0 Å². The van der Waals surface area contributed by atoms with E-state index < -0.39 is 0 Å². The average Bonchev–Trinajstić information content (AvgIpc) is 2.26. The van der Waals surface area contributed by atoms with Crippen molar-refractivity contribution in [3.8, 4) is 0 Å². The standard InChI is InChI=1S/C15H22ClN/c1-2-9-17-12-15(7-4-8-15)11-13-5-3-6-14(16)10-13/h3,5-6,10,17H,2,4,7-9,11-12H2,1H3. The second kappa shape index (κ2) is 5.88. The number of hydrogen-bond donors (Lipinski definition) is 1. The van der Waals surface area contributed by atoms with Crippen LogP contribution in [0.1, 0.15) is 38.2 Å². The van der Waals surface area contributed by atoms with Crippen LogP contribution in [-0.4, -0.2) is 13.1 Å². The van der Waals surface area contributed by atoms with Crippen molar-refractivity contribution in [2.45, 2.75) is 39.0 Å². The van der Waals surface area contributed by atoms with Gasteiger partial charge in [0.15, 0.2) is 0 Å². The minimum Gasteiger partial charge on any atom is -0.316 e. The summed E-state index contributed by atoms with van der Waals surface area (Å²) in [5.41, 5.74) is 1.88. The largest absolute Gasteiger partial charge is 0.316 e. The van der Waals surface area contributed by atoms with Crippen LogP contribution in [0.3, 0.4) is 0 Å². The van der Waals surface area contributed by atoms with Gasteiger partial charge in [0.2, 0.25) is 0 Å². The first-order valence-corrected chi connectivity index (χ1v) is 7.07. The third-order valence-corrected chi connectivity index (χ3v) is 4.04. The van der Waals surface area contributed by atoms with Crippen molar-refractivity contribution >= 4 is 11.6 Å². The van der Waals surface area contributed by atoms with Gasteiger partial charge in [-0.25, -0.2) is 0 Å². The molecule has 0 radical (unpaired) electrons. The highest BCUT2D eigenvalue weighted by atomic mass is 35.5. The van der Waals surface area contributed by atoms with E-state index in [0.29, 0.717) is 5.41 Å². The van der Waals surface area contributed by atoms with Crippen LogP contribution in [0, 0.1) is 5.41 Å². The molecule has 0 heterocycles. The normalized spacial score (nSPS) is 17.8. The molecule has 0 atom stereocenters. The summed E-state index contributed by atoms with van der Waals surface area (Å²) in [6.07, 6.45) is 6.48. The maximum absolute atomic E-state index is 6.05. The summed E-state index contributed by atoms with van der Waals surface area (Å²) in [5, 5.41) is 4.44. The molecule has 1 N–H and O–H groups in total. The van der Waals surface area contributed by atoms with E-state index in [1.54, 1.807) is 0 Å². The van der Waals surface area contributed by atoms with E-state index in [-0.39, 0.29) is 0 Å². The monoisotopic (exact) mass is 251 g/mol. The van der Waals surface area contributed by atoms with Gasteiger partial charge in [-0.05, 0) is 55.3 Å². The Kier molecular flexibility index (Phi) is 4.47.